The molecule has 6 heteroatoms. The lowest BCUT2D eigenvalue weighted by atomic mass is 10.1. The Kier molecular flexibility index (Phi) is 4.29. The first kappa shape index (κ1) is 14.8. The molecule has 2 aromatic rings. The number of ether oxygens (including phenoxy) is 1. The molecule has 0 bridgehead atoms. The molecule has 1 fully saturated rings. The zero-order valence-corrected chi connectivity index (χ0v) is 13.2. The van der Waals surface area contributed by atoms with Gasteiger partial charge in [-0.1, -0.05) is 11.3 Å². The molecule has 0 aliphatic carbocycles. The molecule has 0 amide bonds. The molecule has 1 aliphatic heterocycles. The molecule has 1 saturated heterocycles. The van der Waals surface area contributed by atoms with Gasteiger partial charge in [-0.3, -0.25) is 4.79 Å². The van der Waals surface area contributed by atoms with Crippen molar-refractivity contribution in [2.24, 2.45) is 0 Å². The van der Waals surface area contributed by atoms with Crippen molar-refractivity contribution in [2.75, 3.05) is 25.1 Å². The van der Waals surface area contributed by atoms with Crippen molar-refractivity contribution in [1.29, 1.82) is 0 Å². The van der Waals surface area contributed by atoms with Gasteiger partial charge < -0.3 is 14.7 Å². The molecule has 3 rings (SSSR count). The Balaban J connectivity index is 2.00. The van der Waals surface area contributed by atoms with Gasteiger partial charge in [-0.15, -0.1) is 0 Å². The van der Waals surface area contributed by atoms with E-state index in [4.69, 9.17) is 4.74 Å². The van der Waals surface area contributed by atoms with E-state index in [0.29, 0.717) is 5.75 Å². The minimum atomic E-state index is -0.235. The molecule has 22 heavy (non-hydrogen) atoms. The van der Waals surface area contributed by atoms with E-state index in [1.807, 2.05) is 0 Å². The Morgan fingerprint density at radius 3 is 2.73 bits per heavy atom. The first-order valence-electron chi connectivity index (χ1n) is 7.32. The molecule has 0 atom stereocenters. The SMILES string of the molecule is COc1cc(-c2cc(=O)nc(N3CCCCC3)s2)ccc1O. The molecular weight excluding hydrogens is 300 g/mol. The highest BCUT2D eigenvalue weighted by molar-refractivity contribution is 7.18. The van der Waals surface area contributed by atoms with Crippen LogP contribution in [0.3, 0.4) is 0 Å². The minimum absolute atomic E-state index is 0.0870. The smallest absolute Gasteiger partial charge is 0.273 e. The maximum Gasteiger partial charge on any atom is 0.273 e. The van der Waals surface area contributed by atoms with Crippen LogP contribution < -0.4 is 15.2 Å². The predicted molar refractivity (Wildman–Crippen MR) is 88.1 cm³/mol. The number of piperidine rings is 1. The van der Waals surface area contributed by atoms with Gasteiger partial charge in [0.05, 0.1) is 7.11 Å². The number of nitrogens with zero attached hydrogens (tertiary/aromatic N) is 2. The number of hydrogen-bond acceptors (Lipinski definition) is 6. The van der Waals surface area contributed by atoms with Gasteiger partial charge in [0.2, 0.25) is 0 Å². The number of phenols is 1. The second-order valence-electron chi connectivity index (χ2n) is 5.28. The van der Waals surface area contributed by atoms with Crippen LogP contribution in [0.25, 0.3) is 10.4 Å². The van der Waals surface area contributed by atoms with Crippen LogP contribution in [-0.4, -0.2) is 30.3 Å². The van der Waals surface area contributed by atoms with Crippen LogP contribution in [0, 0.1) is 0 Å². The van der Waals surface area contributed by atoms with Crippen molar-refractivity contribution in [2.45, 2.75) is 19.3 Å². The van der Waals surface area contributed by atoms with E-state index < -0.39 is 0 Å². The highest BCUT2D eigenvalue weighted by atomic mass is 32.1. The van der Waals surface area contributed by atoms with Crippen molar-refractivity contribution in [3.63, 3.8) is 0 Å². The molecule has 1 N–H and O–H groups in total. The second kappa shape index (κ2) is 6.36. The van der Waals surface area contributed by atoms with E-state index in [9.17, 15) is 9.90 Å². The van der Waals surface area contributed by atoms with Crippen LogP contribution in [0.1, 0.15) is 19.3 Å². The fraction of sp³-hybridized carbons (Fsp3) is 0.375. The van der Waals surface area contributed by atoms with Crippen molar-refractivity contribution in [3.05, 3.63) is 34.6 Å². The fourth-order valence-corrected chi connectivity index (χ4v) is 3.63. The van der Waals surface area contributed by atoms with Crippen LogP contribution in [0.2, 0.25) is 0 Å². The number of phenolic OH excluding ortho intramolecular Hbond substituents is 1. The second-order valence-corrected chi connectivity index (χ2v) is 6.29. The van der Waals surface area contributed by atoms with Gasteiger partial charge in [0.25, 0.3) is 5.56 Å². The minimum Gasteiger partial charge on any atom is -0.504 e. The number of aromatic hydroxyl groups is 1. The van der Waals surface area contributed by atoms with Gasteiger partial charge in [0.1, 0.15) is 0 Å². The molecule has 116 valence electrons. The van der Waals surface area contributed by atoms with E-state index in [0.717, 1.165) is 41.5 Å². The van der Waals surface area contributed by atoms with Crippen LogP contribution in [0.4, 0.5) is 5.13 Å². The summed E-state index contributed by atoms with van der Waals surface area (Å²) in [5.41, 5.74) is 0.610. The Hall–Kier alpha value is -2.08. The highest BCUT2D eigenvalue weighted by Gasteiger charge is 2.15. The molecule has 0 saturated carbocycles. The largest absolute Gasteiger partial charge is 0.504 e. The topological polar surface area (TPSA) is 62.7 Å². The van der Waals surface area contributed by atoms with Crippen LogP contribution in [0.5, 0.6) is 11.5 Å². The van der Waals surface area contributed by atoms with Gasteiger partial charge in [0.15, 0.2) is 16.6 Å². The fourth-order valence-electron chi connectivity index (χ4n) is 2.58. The third-order valence-corrected chi connectivity index (χ3v) is 4.86. The molecule has 1 aromatic carbocycles. The average molecular weight is 318 g/mol. The number of methoxy groups -OCH3 is 1. The van der Waals surface area contributed by atoms with Crippen LogP contribution >= 0.6 is 11.3 Å². The molecule has 1 aromatic heterocycles. The summed E-state index contributed by atoms with van der Waals surface area (Å²) in [5, 5.41) is 10.5. The van der Waals surface area contributed by atoms with Crippen molar-refractivity contribution in [3.8, 4) is 21.9 Å². The maximum atomic E-state index is 11.9. The van der Waals surface area contributed by atoms with Crippen LogP contribution in [0.15, 0.2) is 29.1 Å². The van der Waals surface area contributed by atoms with Crippen molar-refractivity contribution < 1.29 is 9.84 Å². The lowest BCUT2D eigenvalue weighted by Crippen LogP contribution is -2.30. The summed E-state index contributed by atoms with van der Waals surface area (Å²) in [5.74, 6) is 0.484. The summed E-state index contributed by atoms with van der Waals surface area (Å²) < 4.78 is 5.13. The molecule has 5 nitrogen and oxygen atoms in total. The average Bonchev–Trinajstić information content (AvgIpc) is 2.55. The standard InChI is InChI=1S/C16H18N2O3S/c1-21-13-9-11(5-6-12(13)19)14-10-15(20)17-16(22-14)18-7-3-2-4-8-18/h5-6,9-10,19H,2-4,7-8H2,1H3. The van der Waals surface area contributed by atoms with E-state index in [1.54, 1.807) is 18.2 Å². The van der Waals surface area contributed by atoms with E-state index in [-0.39, 0.29) is 11.3 Å². The number of aromatic nitrogens is 1. The van der Waals surface area contributed by atoms with Crippen LogP contribution in [-0.2, 0) is 0 Å². The molecule has 0 spiro atoms. The molecule has 1 aliphatic rings. The third-order valence-electron chi connectivity index (χ3n) is 3.75. The summed E-state index contributed by atoms with van der Waals surface area (Å²) in [6.45, 7) is 1.90. The predicted octanol–water partition coefficient (Wildman–Crippen LogP) is 2.87. The van der Waals surface area contributed by atoms with E-state index in [1.165, 1.54) is 30.9 Å². The lowest BCUT2D eigenvalue weighted by molar-refractivity contribution is 0.373. The summed E-state index contributed by atoms with van der Waals surface area (Å²) in [6, 6.07) is 6.62. The number of rotatable bonds is 3. The summed E-state index contributed by atoms with van der Waals surface area (Å²) >= 11 is 1.50. The van der Waals surface area contributed by atoms with Gasteiger partial charge >= 0.3 is 0 Å². The Labute approximate surface area is 132 Å². The van der Waals surface area contributed by atoms with Gasteiger partial charge in [0, 0.05) is 24.0 Å². The Bertz CT molecular complexity index is 724. The van der Waals surface area contributed by atoms with E-state index in [2.05, 4.69) is 9.88 Å². The van der Waals surface area contributed by atoms with Gasteiger partial charge in [-0.2, -0.15) is 4.98 Å². The number of benzene rings is 1. The van der Waals surface area contributed by atoms with E-state index >= 15 is 0 Å². The summed E-state index contributed by atoms with van der Waals surface area (Å²) in [7, 11) is 1.51. The Morgan fingerprint density at radius 2 is 2.00 bits per heavy atom. The Morgan fingerprint density at radius 1 is 1.23 bits per heavy atom. The summed E-state index contributed by atoms with van der Waals surface area (Å²) in [4.78, 5) is 19.1. The monoisotopic (exact) mass is 318 g/mol. The number of hydrogen-bond donors (Lipinski definition) is 1. The maximum absolute atomic E-state index is 11.9. The van der Waals surface area contributed by atoms with Crippen molar-refractivity contribution >= 4 is 16.5 Å². The third kappa shape index (κ3) is 3.06. The molecule has 0 unspecified atom stereocenters. The highest BCUT2D eigenvalue weighted by Crippen LogP contribution is 2.34. The molecular formula is C16H18N2O3S. The summed E-state index contributed by atoms with van der Waals surface area (Å²) in [6.07, 6.45) is 3.51. The molecule has 2 heterocycles. The zero-order valence-electron chi connectivity index (χ0n) is 12.4. The first-order valence-corrected chi connectivity index (χ1v) is 8.13. The normalized spacial score (nSPS) is 14.9. The van der Waals surface area contributed by atoms with Gasteiger partial charge in [-0.05, 0) is 43.0 Å². The quantitative estimate of drug-likeness (QED) is 0.943. The first-order chi connectivity index (χ1) is 10.7. The van der Waals surface area contributed by atoms with Gasteiger partial charge in [-0.25, -0.2) is 0 Å². The lowest BCUT2D eigenvalue weighted by Gasteiger charge is -2.26. The molecule has 0 radical (unpaired) electrons. The van der Waals surface area contributed by atoms with Crippen molar-refractivity contribution in [1.82, 2.24) is 4.98 Å². The number of anilines is 1. The zero-order chi connectivity index (χ0) is 15.5.